The van der Waals surface area contributed by atoms with Crippen molar-refractivity contribution < 1.29 is 49.5 Å². The molecule has 14 heteroatoms. The fourth-order valence-electron chi connectivity index (χ4n) is 8.59. The number of ether oxygens (including phenoxy) is 3. The molecule has 6 rings (SSSR count). The van der Waals surface area contributed by atoms with Crippen molar-refractivity contribution in [3.63, 3.8) is 0 Å². The third-order valence-electron chi connectivity index (χ3n) is 11.9. The first-order valence-corrected chi connectivity index (χ1v) is 24.4. The highest BCUT2D eigenvalue weighted by Crippen LogP contribution is 2.49. The maximum atomic E-state index is 12.3. The summed E-state index contributed by atoms with van der Waals surface area (Å²) in [6.07, 6.45) is 14.0. The summed E-state index contributed by atoms with van der Waals surface area (Å²) >= 11 is 0. The van der Waals surface area contributed by atoms with Crippen LogP contribution in [0.1, 0.15) is 96.3 Å². The van der Waals surface area contributed by atoms with E-state index in [2.05, 4.69) is 55.7 Å². The van der Waals surface area contributed by atoms with Gasteiger partial charge < -0.3 is 19.1 Å². The van der Waals surface area contributed by atoms with E-state index >= 15 is 0 Å². The van der Waals surface area contributed by atoms with Crippen LogP contribution in [0.25, 0.3) is 0 Å². The molecule has 62 heavy (non-hydrogen) atoms. The number of carbonyl (C=O) groups is 1. The monoisotopic (exact) mass is 887 g/mol. The highest BCUT2D eigenvalue weighted by atomic mass is 32.2. The predicted molar refractivity (Wildman–Crippen MR) is 241 cm³/mol. The van der Waals surface area contributed by atoms with Crippen molar-refractivity contribution in [2.45, 2.75) is 102 Å². The van der Waals surface area contributed by atoms with Crippen LogP contribution in [0.2, 0.25) is 0 Å². The van der Waals surface area contributed by atoms with Gasteiger partial charge in [0.1, 0.15) is 12.3 Å². The Hall–Kier alpha value is -5.02. The topological polar surface area (TPSA) is 160 Å². The van der Waals surface area contributed by atoms with Crippen LogP contribution in [-0.4, -0.2) is 74.8 Å². The molecule has 12 nitrogen and oxygen atoms in total. The number of carbonyl (C=O) groups excluding carboxylic acids is 1. The fraction of sp³-hybridized carbons (Fsp3) is 0.417. The number of rotatable bonds is 19. The van der Waals surface area contributed by atoms with Crippen LogP contribution in [0.4, 0.5) is 11.4 Å². The summed E-state index contributed by atoms with van der Waals surface area (Å²) < 4.78 is 87.6. The summed E-state index contributed by atoms with van der Waals surface area (Å²) in [6, 6.07) is 20.7. The number of para-hydroxylation sites is 1. The first kappa shape index (κ1) is 46.5. The second kappa shape index (κ2) is 19.6. The number of fused-ring (bicyclic) bond motifs is 2. The van der Waals surface area contributed by atoms with Gasteiger partial charge in [0.15, 0.2) is 17.2 Å². The van der Waals surface area contributed by atoms with E-state index in [0.717, 1.165) is 54.0 Å². The Morgan fingerprint density at radius 3 is 2.34 bits per heavy atom. The van der Waals surface area contributed by atoms with Gasteiger partial charge in [0.25, 0.3) is 26.7 Å². The Labute approximate surface area is 366 Å². The zero-order valence-corrected chi connectivity index (χ0v) is 37.9. The first-order chi connectivity index (χ1) is 29.5. The average Bonchev–Trinajstić information content (AvgIpc) is 3.45. The van der Waals surface area contributed by atoms with Gasteiger partial charge in [-0.05, 0) is 105 Å². The van der Waals surface area contributed by atoms with E-state index in [1.54, 1.807) is 6.07 Å². The smallest absolute Gasteiger partial charge is 0.294 e. The van der Waals surface area contributed by atoms with Crippen molar-refractivity contribution in [2.24, 2.45) is 0 Å². The zero-order valence-electron chi connectivity index (χ0n) is 36.3. The van der Waals surface area contributed by atoms with Crippen molar-refractivity contribution in [2.75, 3.05) is 37.0 Å². The molecule has 0 atom stereocenters. The Morgan fingerprint density at radius 2 is 1.63 bits per heavy atom. The molecule has 3 aromatic carbocycles. The van der Waals surface area contributed by atoms with Crippen LogP contribution < -0.4 is 9.64 Å². The minimum atomic E-state index is -4.49. The molecule has 0 fully saturated rings. The van der Waals surface area contributed by atoms with Crippen molar-refractivity contribution in [3.05, 3.63) is 131 Å². The summed E-state index contributed by atoms with van der Waals surface area (Å²) in [4.78, 5) is 12.5. The molecular weight excluding hydrogens is 829 g/mol. The van der Waals surface area contributed by atoms with Crippen LogP contribution in [0.15, 0.2) is 119 Å². The molecule has 0 unspecified atom stereocenters. The lowest BCUT2D eigenvalue weighted by Gasteiger charge is -2.27. The van der Waals surface area contributed by atoms with Gasteiger partial charge >= 0.3 is 0 Å². The Bertz CT molecular complexity index is 2510. The molecule has 0 spiro atoms. The Morgan fingerprint density at radius 1 is 0.871 bits per heavy atom. The number of allylic oxidation sites excluding steroid dienone is 6. The normalized spacial score (nSPS) is 18.6. The van der Waals surface area contributed by atoms with E-state index < -0.39 is 25.7 Å². The van der Waals surface area contributed by atoms with E-state index in [-0.39, 0.29) is 29.1 Å². The van der Waals surface area contributed by atoms with Crippen molar-refractivity contribution in [1.29, 1.82) is 0 Å². The number of unbranched alkanes of at least 4 members (excludes halogenated alkanes) is 3. The van der Waals surface area contributed by atoms with E-state index in [4.69, 9.17) is 14.2 Å². The van der Waals surface area contributed by atoms with E-state index in [9.17, 15) is 30.7 Å². The number of hydrogen-bond donors (Lipinski definition) is 2. The van der Waals surface area contributed by atoms with E-state index in [0.29, 0.717) is 68.1 Å². The quantitative estimate of drug-likeness (QED) is 0.0512. The lowest BCUT2D eigenvalue weighted by atomic mass is 9.81. The zero-order chi connectivity index (χ0) is 44.7. The number of benzene rings is 3. The molecule has 332 valence electrons. The second-order valence-corrected chi connectivity index (χ2v) is 20.0. The molecule has 3 aliphatic rings. The lowest BCUT2D eigenvalue weighted by Crippen LogP contribution is -2.28. The third-order valence-corrected chi connectivity index (χ3v) is 13.6. The summed E-state index contributed by atoms with van der Waals surface area (Å²) in [6.45, 7) is 13.1. The van der Waals surface area contributed by atoms with Crippen LogP contribution in [-0.2, 0) is 51.8 Å². The molecule has 0 saturated heterocycles. The molecule has 3 aromatic rings. The van der Waals surface area contributed by atoms with Gasteiger partial charge in [-0.1, -0.05) is 63.6 Å². The van der Waals surface area contributed by atoms with E-state index in [1.165, 1.54) is 23.4 Å². The molecule has 0 bridgehead atoms. The molecule has 0 amide bonds. The maximum Gasteiger partial charge on any atom is 0.294 e. The highest BCUT2D eigenvalue weighted by Gasteiger charge is 2.44. The Kier molecular flexibility index (Phi) is 14.7. The standard InChI is InChI=1S/C48H58N2O10S2/c1-6-7-10-28-49-41-16-9-8-15-39(41)47(2,3)45(49)26-24-43-46(60-37-20-17-35(18-21-37)27-31-58-34-51)36(14-13-30-59-43)19-25-44-48(4,5)40-33-38(62(55,56)57)22-23-42(40)50(44)29-11-12-32-61(52,53)54/h8-9,15-26,33-34H,6-7,10-14,27-32H2,1-5H3,(H-,52,53,54,55,56,57)/p+1. The first-order valence-electron chi connectivity index (χ1n) is 21.3. The number of hydrogen-bond acceptors (Lipinski definition) is 9. The van der Waals surface area contributed by atoms with Gasteiger partial charge in [-0.25, -0.2) is 0 Å². The Balaban J connectivity index is 1.46. The van der Waals surface area contributed by atoms with Gasteiger partial charge in [0, 0.05) is 53.9 Å². The molecule has 3 aliphatic heterocycles. The SMILES string of the molecule is CCCCC[N+]1=C(/C=C/C2=C(Oc3ccc(CCOC=O)cc3)C(=C/C=C3/N(CCCCS(=O)(=O)O)c4ccc(S(=O)(=O)O)cc4C3(C)C)/CCCO2)C(C)(C)c2ccccc21. The summed E-state index contributed by atoms with van der Waals surface area (Å²) in [7, 11) is -8.64. The van der Waals surface area contributed by atoms with Gasteiger partial charge in [-0.2, -0.15) is 21.4 Å². The van der Waals surface area contributed by atoms with Gasteiger partial charge in [-0.15, -0.1) is 0 Å². The third kappa shape index (κ3) is 10.8. The maximum absolute atomic E-state index is 12.3. The fourth-order valence-corrected chi connectivity index (χ4v) is 9.67. The molecule has 0 radical (unpaired) electrons. The van der Waals surface area contributed by atoms with Crippen LogP contribution >= 0.6 is 0 Å². The van der Waals surface area contributed by atoms with Crippen LogP contribution in [0, 0.1) is 0 Å². The molecule has 0 saturated carbocycles. The molecule has 0 aromatic heterocycles. The van der Waals surface area contributed by atoms with Crippen molar-refractivity contribution in [1.82, 2.24) is 0 Å². The van der Waals surface area contributed by atoms with E-state index in [1.807, 2.05) is 61.2 Å². The van der Waals surface area contributed by atoms with Crippen molar-refractivity contribution >= 4 is 43.8 Å². The molecule has 0 aliphatic carbocycles. The van der Waals surface area contributed by atoms with Crippen molar-refractivity contribution in [3.8, 4) is 5.75 Å². The lowest BCUT2D eigenvalue weighted by molar-refractivity contribution is -0.438. The average molecular weight is 888 g/mol. The number of nitrogens with zero attached hydrogens (tertiary/aromatic N) is 2. The minimum Gasteiger partial charge on any atom is -0.490 e. The van der Waals surface area contributed by atoms with Crippen LogP contribution in [0.5, 0.6) is 5.75 Å². The minimum absolute atomic E-state index is 0.218. The largest absolute Gasteiger partial charge is 0.490 e. The predicted octanol–water partition coefficient (Wildman–Crippen LogP) is 9.15. The number of anilines is 1. The van der Waals surface area contributed by atoms with Gasteiger partial charge in [-0.3, -0.25) is 13.9 Å². The van der Waals surface area contributed by atoms with Gasteiger partial charge in [0.2, 0.25) is 5.69 Å². The molecule has 3 heterocycles. The summed E-state index contributed by atoms with van der Waals surface area (Å²) in [5.41, 5.74) is 6.70. The molecular formula is C48H59N2O10S2+. The summed E-state index contributed by atoms with van der Waals surface area (Å²) in [5.74, 6) is 1.32. The van der Waals surface area contributed by atoms with Gasteiger partial charge in [0.05, 0.1) is 29.3 Å². The second-order valence-electron chi connectivity index (χ2n) is 17.0. The molecule has 2 N–H and O–H groups in total. The highest BCUT2D eigenvalue weighted by molar-refractivity contribution is 7.86. The van der Waals surface area contributed by atoms with Crippen LogP contribution in [0.3, 0.4) is 0 Å². The summed E-state index contributed by atoms with van der Waals surface area (Å²) in [5, 5.41) is 0.